The van der Waals surface area contributed by atoms with Crippen LogP contribution < -0.4 is 15.5 Å². The molecule has 0 bridgehead atoms. The normalized spacial score (nSPS) is 25.1. The molecular formula is C19H29N7O2. The van der Waals surface area contributed by atoms with Crippen LogP contribution in [0.5, 0.6) is 0 Å². The van der Waals surface area contributed by atoms with Crippen LogP contribution in [0.1, 0.15) is 36.9 Å². The summed E-state index contributed by atoms with van der Waals surface area (Å²) in [5.41, 5.74) is 1.01. The third kappa shape index (κ3) is 3.84. The number of imidazole rings is 1. The predicted molar refractivity (Wildman–Crippen MR) is 105 cm³/mol. The van der Waals surface area contributed by atoms with Gasteiger partial charge in [-0.3, -0.25) is 4.68 Å². The van der Waals surface area contributed by atoms with Crippen molar-refractivity contribution in [2.75, 3.05) is 24.6 Å². The molecule has 2 aromatic rings. The van der Waals surface area contributed by atoms with Crippen LogP contribution in [0, 0.1) is 6.92 Å². The maximum absolute atomic E-state index is 12.6. The molecule has 0 radical (unpaired) electrons. The summed E-state index contributed by atoms with van der Waals surface area (Å²) in [6.07, 6.45) is 6.25. The third-order valence-corrected chi connectivity index (χ3v) is 5.58. The standard InChI is InChI=1S/C19H29N7O2/c1-13-11-16(25(3)23-13)26-8-4-5-14(12-26)21-19(27)22-15-6-10-28-17(15)18-20-7-9-24(18)2/h7,9,11,14-15,17H,4-6,8,10,12H2,1-3H3,(H2,21,22,27)/t14?,15-,17-/m0/s1. The van der Waals surface area contributed by atoms with Crippen LogP contribution in [0.4, 0.5) is 10.6 Å². The molecule has 2 aliphatic rings. The fourth-order valence-corrected chi connectivity index (χ4v) is 4.23. The fraction of sp³-hybridized carbons (Fsp3) is 0.632. The molecule has 0 spiro atoms. The number of ether oxygens (including phenoxy) is 1. The van der Waals surface area contributed by atoms with Crippen molar-refractivity contribution in [2.45, 2.75) is 44.4 Å². The quantitative estimate of drug-likeness (QED) is 0.825. The van der Waals surface area contributed by atoms with Crippen molar-refractivity contribution in [3.63, 3.8) is 0 Å². The molecule has 0 aliphatic carbocycles. The van der Waals surface area contributed by atoms with Gasteiger partial charge in [-0.15, -0.1) is 0 Å². The summed E-state index contributed by atoms with van der Waals surface area (Å²) in [5.74, 6) is 1.95. The van der Waals surface area contributed by atoms with Gasteiger partial charge < -0.3 is 24.8 Å². The highest BCUT2D eigenvalue weighted by molar-refractivity contribution is 5.74. The molecular weight excluding hydrogens is 358 g/mol. The average molecular weight is 387 g/mol. The van der Waals surface area contributed by atoms with Crippen molar-refractivity contribution in [1.29, 1.82) is 0 Å². The monoisotopic (exact) mass is 387 g/mol. The Kier molecular flexibility index (Phi) is 5.25. The Bertz CT molecular complexity index is 830. The van der Waals surface area contributed by atoms with Crippen molar-refractivity contribution in [1.82, 2.24) is 30.0 Å². The maximum Gasteiger partial charge on any atom is 0.315 e. The Labute approximate surface area is 165 Å². The van der Waals surface area contributed by atoms with E-state index in [1.54, 1.807) is 6.20 Å². The average Bonchev–Trinajstić information content (AvgIpc) is 3.35. The molecule has 4 rings (SSSR count). The lowest BCUT2D eigenvalue weighted by Crippen LogP contribution is -2.53. The topological polar surface area (TPSA) is 89.2 Å². The molecule has 1 unspecified atom stereocenters. The van der Waals surface area contributed by atoms with Gasteiger partial charge >= 0.3 is 6.03 Å². The first-order valence-electron chi connectivity index (χ1n) is 9.92. The van der Waals surface area contributed by atoms with Gasteiger partial charge in [0.15, 0.2) is 0 Å². The molecule has 2 aromatic heterocycles. The Morgan fingerprint density at radius 3 is 2.86 bits per heavy atom. The molecule has 9 nitrogen and oxygen atoms in total. The first-order valence-corrected chi connectivity index (χ1v) is 9.92. The van der Waals surface area contributed by atoms with E-state index in [-0.39, 0.29) is 24.2 Å². The summed E-state index contributed by atoms with van der Waals surface area (Å²) >= 11 is 0. The lowest BCUT2D eigenvalue weighted by atomic mass is 10.1. The SMILES string of the molecule is Cc1cc(N2CCCC(NC(=O)N[C@H]3CCO[C@@H]3c3nccn3C)C2)n(C)n1. The fourth-order valence-electron chi connectivity index (χ4n) is 4.23. The highest BCUT2D eigenvalue weighted by Crippen LogP contribution is 2.27. The largest absolute Gasteiger partial charge is 0.368 e. The molecule has 2 N–H and O–H groups in total. The summed E-state index contributed by atoms with van der Waals surface area (Å²) in [4.78, 5) is 19.3. The summed E-state index contributed by atoms with van der Waals surface area (Å²) < 4.78 is 9.68. The van der Waals surface area contributed by atoms with Crippen LogP contribution in [0.15, 0.2) is 18.5 Å². The lowest BCUT2D eigenvalue weighted by molar-refractivity contribution is 0.0907. The number of carbonyl (C=O) groups is 1. The van der Waals surface area contributed by atoms with Crippen molar-refractivity contribution in [3.8, 4) is 0 Å². The van der Waals surface area contributed by atoms with Crippen LogP contribution >= 0.6 is 0 Å². The number of anilines is 1. The van der Waals surface area contributed by atoms with E-state index in [4.69, 9.17) is 4.74 Å². The molecule has 2 aliphatic heterocycles. The number of aromatic nitrogens is 4. The van der Waals surface area contributed by atoms with Crippen molar-refractivity contribution in [3.05, 3.63) is 30.0 Å². The molecule has 2 saturated heterocycles. The van der Waals surface area contributed by atoms with Crippen molar-refractivity contribution < 1.29 is 9.53 Å². The smallest absolute Gasteiger partial charge is 0.315 e. The van der Waals surface area contributed by atoms with E-state index in [2.05, 4.69) is 31.7 Å². The molecule has 3 atom stereocenters. The van der Waals surface area contributed by atoms with Gasteiger partial charge in [0.05, 0.1) is 11.7 Å². The Hall–Kier alpha value is -2.55. The van der Waals surface area contributed by atoms with Gasteiger partial charge in [-0.2, -0.15) is 5.10 Å². The number of urea groups is 1. The minimum Gasteiger partial charge on any atom is -0.368 e. The zero-order valence-electron chi connectivity index (χ0n) is 16.8. The molecule has 0 saturated carbocycles. The Balaban J connectivity index is 1.34. The summed E-state index contributed by atoms with van der Waals surface area (Å²) in [6.45, 7) is 4.39. The van der Waals surface area contributed by atoms with Gasteiger partial charge in [0.25, 0.3) is 0 Å². The first-order chi connectivity index (χ1) is 13.5. The van der Waals surface area contributed by atoms with E-state index < -0.39 is 0 Å². The summed E-state index contributed by atoms with van der Waals surface area (Å²) in [7, 11) is 3.90. The first kappa shape index (κ1) is 18.8. The van der Waals surface area contributed by atoms with Crippen LogP contribution in [-0.4, -0.2) is 57.1 Å². The number of carbonyl (C=O) groups excluding carboxylic acids is 1. The predicted octanol–water partition coefficient (Wildman–Crippen LogP) is 1.26. The molecule has 2 fully saturated rings. The molecule has 0 aromatic carbocycles. The summed E-state index contributed by atoms with van der Waals surface area (Å²) in [6, 6.07) is 2.00. The maximum atomic E-state index is 12.6. The van der Waals surface area contributed by atoms with Crippen LogP contribution in [-0.2, 0) is 18.8 Å². The number of hydrogen-bond donors (Lipinski definition) is 2. The second kappa shape index (κ2) is 7.83. The molecule has 28 heavy (non-hydrogen) atoms. The number of aryl methyl sites for hydroxylation is 3. The number of nitrogens with one attached hydrogen (secondary N) is 2. The summed E-state index contributed by atoms with van der Waals surface area (Å²) in [5, 5.41) is 10.7. The van der Waals surface area contributed by atoms with E-state index in [1.807, 2.05) is 36.5 Å². The minimum atomic E-state index is -0.203. The van der Waals surface area contributed by atoms with Gasteiger partial charge in [-0.05, 0) is 26.2 Å². The lowest BCUT2D eigenvalue weighted by Gasteiger charge is -2.34. The minimum absolute atomic E-state index is 0.0690. The number of piperidine rings is 1. The molecule has 152 valence electrons. The van der Waals surface area contributed by atoms with Gasteiger partial charge in [0, 0.05) is 58.3 Å². The van der Waals surface area contributed by atoms with E-state index in [9.17, 15) is 4.79 Å². The van der Waals surface area contributed by atoms with Crippen molar-refractivity contribution >= 4 is 11.8 Å². The molecule has 2 amide bonds. The number of rotatable bonds is 4. The Morgan fingerprint density at radius 2 is 2.14 bits per heavy atom. The number of nitrogens with zero attached hydrogens (tertiary/aromatic N) is 5. The van der Waals surface area contributed by atoms with Crippen LogP contribution in [0.2, 0.25) is 0 Å². The second-order valence-corrected chi connectivity index (χ2v) is 7.75. The van der Waals surface area contributed by atoms with Gasteiger partial charge in [0.2, 0.25) is 0 Å². The zero-order valence-corrected chi connectivity index (χ0v) is 16.8. The van der Waals surface area contributed by atoms with E-state index in [0.717, 1.165) is 49.7 Å². The van der Waals surface area contributed by atoms with Crippen LogP contribution in [0.25, 0.3) is 0 Å². The van der Waals surface area contributed by atoms with Gasteiger partial charge in [0.1, 0.15) is 17.7 Å². The highest BCUT2D eigenvalue weighted by Gasteiger charge is 2.34. The van der Waals surface area contributed by atoms with E-state index in [1.165, 1.54) is 0 Å². The Morgan fingerprint density at radius 1 is 1.29 bits per heavy atom. The molecule has 9 heteroatoms. The third-order valence-electron chi connectivity index (χ3n) is 5.58. The second-order valence-electron chi connectivity index (χ2n) is 7.75. The highest BCUT2D eigenvalue weighted by atomic mass is 16.5. The van der Waals surface area contributed by atoms with Gasteiger partial charge in [-0.1, -0.05) is 0 Å². The van der Waals surface area contributed by atoms with Crippen LogP contribution in [0.3, 0.4) is 0 Å². The zero-order chi connectivity index (χ0) is 19.7. The van der Waals surface area contributed by atoms with Gasteiger partial charge in [-0.25, -0.2) is 9.78 Å². The van der Waals surface area contributed by atoms with E-state index in [0.29, 0.717) is 6.61 Å². The number of amides is 2. The van der Waals surface area contributed by atoms with Crippen molar-refractivity contribution in [2.24, 2.45) is 14.1 Å². The van der Waals surface area contributed by atoms with E-state index >= 15 is 0 Å². The molecule has 4 heterocycles. The number of hydrogen-bond acceptors (Lipinski definition) is 5.